The second kappa shape index (κ2) is 5.23. The summed E-state index contributed by atoms with van der Waals surface area (Å²) in [4.78, 5) is 4.18. The van der Waals surface area contributed by atoms with E-state index < -0.39 is 0 Å². The first-order chi connectivity index (χ1) is 7.34. The second-order valence-corrected chi connectivity index (χ2v) is 4.08. The Hall–Kier alpha value is -0.940. The van der Waals surface area contributed by atoms with Crippen molar-refractivity contribution in [2.45, 2.75) is 25.3 Å². The van der Waals surface area contributed by atoms with E-state index >= 15 is 0 Å². The van der Waals surface area contributed by atoms with Crippen molar-refractivity contribution in [2.24, 2.45) is 7.05 Å². The summed E-state index contributed by atoms with van der Waals surface area (Å²) in [6.45, 7) is 3.20. The fourth-order valence-corrected chi connectivity index (χ4v) is 1.91. The molecule has 1 aliphatic heterocycles. The molecular formula is C10H19N5. The highest BCUT2D eigenvalue weighted by atomic mass is 15.3. The molecule has 0 amide bonds. The van der Waals surface area contributed by atoms with Crippen LogP contribution in [0.3, 0.4) is 0 Å². The third-order valence-electron chi connectivity index (χ3n) is 2.73. The highest BCUT2D eigenvalue weighted by Gasteiger charge is 2.12. The molecule has 5 nitrogen and oxygen atoms in total. The summed E-state index contributed by atoms with van der Waals surface area (Å²) in [5.41, 5.74) is 0. The van der Waals surface area contributed by atoms with Gasteiger partial charge in [0, 0.05) is 32.6 Å². The summed E-state index contributed by atoms with van der Waals surface area (Å²) >= 11 is 0. The minimum atomic E-state index is 0.668. The van der Waals surface area contributed by atoms with Crippen LogP contribution in [-0.4, -0.2) is 40.4 Å². The van der Waals surface area contributed by atoms with E-state index in [2.05, 4.69) is 20.7 Å². The van der Waals surface area contributed by atoms with Gasteiger partial charge in [0.15, 0.2) is 5.82 Å². The minimum absolute atomic E-state index is 0.668. The Bertz CT molecular complexity index is 290. The van der Waals surface area contributed by atoms with Gasteiger partial charge in [-0.2, -0.15) is 5.10 Å². The van der Waals surface area contributed by atoms with Crippen molar-refractivity contribution < 1.29 is 0 Å². The Kier molecular flexibility index (Phi) is 3.69. The predicted molar refractivity (Wildman–Crippen MR) is 58.6 cm³/mol. The van der Waals surface area contributed by atoms with Crippen molar-refractivity contribution in [2.75, 3.05) is 19.6 Å². The summed E-state index contributed by atoms with van der Waals surface area (Å²) in [6, 6.07) is 0.668. The molecule has 0 aliphatic carbocycles. The molecule has 1 saturated heterocycles. The standard InChI is InChI=1S/C10H19N5/c1-15-8-13-10(14-15)4-6-11-7-9-3-2-5-12-9/h8-9,11-12H,2-7H2,1H3. The van der Waals surface area contributed by atoms with Crippen molar-refractivity contribution >= 4 is 0 Å². The van der Waals surface area contributed by atoms with E-state index in [9.17, 15) is 0 Å². The summed E-state index contributed by atoms with van der Waals surface area (Å²) in [7, 11) is 1.90. The summed E-state index contributed by atoms with van der Waals surface area (Å²) in [5, 5.41) is 11.1. The lowest BCUT2D eigenvalue weighted by atomic mass is 10.2. The maximum Gasteiger partial charge on any atom is 0.151 e. The van der Waals surface area contributed by atoms with Crippen molar-refractivity contribution in [3.8, 4) is 0 Å². The molecule has 2 heterocycles. The van der Waals surface area contributed by atoms with Crippen LogP contribution in [-0.2, 0) is 13.5 Å². The van der Waals surface area contributed by atoms with Crippen LogP contribution in [0.4, 0.5) is 0 Å². The Morgan fingerprint density at radius 1 is 1.67 bits per heavy atom. The van der Waals surface area contributed by atoms with Crippen LogP contribution in [0.5, 0.6) is 0 Å². The Labute approximate surface area is 90.3 Å². The number of aromatic nitrogens is 3. The van der Waals surface area contributed by atoms with Crippen molar-refractivity contribution in [3.63, 3.8) is 0 Å². The monoisotopic (exact) mass is 209 g/mol. The van der Waals surface area contributed by atoms with E-state index in [1.807, 2.05) is 7.05 Å². The van der Waals surface area contributed by atoms with Gasteiger partial charge in [0.1, 0.15) is 6.33 Å². The molecule has 1 aromatic heterocycles. The third-order valence-corrected chi connectivity index (χ3v) is 2.73. The van der Waals surface area contributed by atoms with Crippen LogP contribution in [0.1, 0.15) is 18.7 Å². The van der Waals surface area contributed by atoms with Crippen LogP contribution in [0, 0.1) is 0 Å². The molecule has 1 atom stereocenters. The number of nitrogens with one attached hydrogen (secondary N) is 2. The molecule has 0 spiro atoms. The molecule has 5 heteroatoms. The Morgan fingerprint density at radius 3 is 3.27 bits per heavy atom. The van der Waals surface area contributed by atoms with Gasteiger partial charge < -0.3 is 10.6 Å². The fourth-order valence-electron chi connectivity index (χ4n) is 1.91. The Morgan fingerprint density at radius 2 is 2.60 bits per heavy atom. The van der Waals surface area contributed by atoms with Crippen LogP contribution in [0.15, 0.2) is 6.33 Å². The lowest BCUT2D eigenvalue weighted by Gasteiger charge is -2.10. The van der Waals surface area contributed by atoms with Crippen LogP contribution in [0.2, 0.25) is 0 Å². The topological polar surface area (TPSA) is 54.8 Å². The normalized spacial score (nSPS) is 21.0. The zero-order valence-electron chi connectivity index (χ0n) is 9.24. The van der Waals surface area contributed by atoms with Crippen LogP contribution < -0.4 is 10.6 Å². The molecule has 84 valence electrons. The summed E-state index contributed by atoms with van der Waals surface area (Å²) in [5.74, 6) is 0.921. The van der Waals surface area contributed by atoms with Crippen molar-refractivity contribution in [1.82, 2.24) is 25.4 Å². The molecule has 0 aromatic carbocycles. The quantitative estimate of drug-likeness (QED) is 0.654. The van der Waals surface area contributed by atoms with Crippen molar-refractivity contribution in [3.05, 3.63) is 12.2 Å². The van der Waals surface area contributed by atoms with Gasteiger partial charge >= 0.3 is 0 Å². The highest BCUT2D eigenvalue weighted by molar-refractivity contribution is 4.83. The molecule has 1 fully saturated rings. The van der Waals surface area contributed by atoms with E-state index in [0.29, 0.717) is 6.04 Å². The van der Waals surface area contributed by atoms with Gasteiger partial charge in [-0.25, -0.2) is 4.98 Å². The molecule has 2 N–H and O–H groups in total. The zero-order chi connectivity index (χ0) is 10.5. The maximum atomic E-state index is 4.23. The van der Waals surface area contributed by atoms with Gasteiger partial charge in [0.2, 0.25) is 0 Å². The van der Waals surface area contributed by atoms with E-state index in [1.54, 1.807) is 11.0 Å². The highest BCUT2D eigenvalue weighted by Crippen LogP contribution is 2.02. The third kappa shape index (κ3) is 3.28. The average Bonchev–Trinajstić information content (AvgIpc) is 2.84. The second-order valence-electron chi connectivity index (χ2n) is 4.08. The molecule has 15 heavy (non-hydrogen) atoms. The maximum absolute atomic E-state index is 4.23. The van der Waals surface area contributed by atoms with Gasteiger partial charge in [-0.1, -0.05) is 0 Å². The molecule has 1 aliphatic rings. The Balaban J connectivity index is 1.58. The van der Waals surface area contributed by atoms with E-state index in [1.165, 1.54) is 19.4 Å². The molecule has 0 radical (unpaired) electrons. The lowest BCUT2D eigenvalue weighted by Crippen LogP contribution is -2.34. The summed E-state index contributed by atoms with van der Waals surface area (Å²) < 4.78 is 1.74. The van der Waals surface area contributed by atoms with Gasteiger partial charge in [0.25, 0.3) is 0 Å². The number of nitrogens with zero attached hydrogens (tertiary/aromatic N) is 3. The molecular weight excluding hydrogens is 190 g/mol. The van der Waals surface area contributed by atoms with E-state index in [-0.39, 0.29) is 0 Å². The fraction of sp³-hybridized carbons (Fsp3) is 0.800. The smallest absolute Gasteiger partial charge is 0.151 e. The van der Waals surface area contributed by atoms with Crippen LogP contribution in [0.25, 0.3) is 0 Å². The molecule has 0 saturated carbocycles. The van der Waals surface area contributed by atoms with E-state index in [0.717, 1.165) is 25.3 Å². The lowest BCUT2D eigenvalue weighted by molar-refractivity contribution is 0.534. The number of aryl methyl sites for hydroxylation is 1. The zero-order valence-corrected chi connectivity index (χ0v) is 9.24. The van der Waals surface area contributed by atoms with Crippen molar-refractivity contribution in [1.29, 1.82) is 0 Å². The SMILES string of the molecule is Cn1cnc(CCNCC2CCCN2)n1. The largest absolute Gasteiger partial charge is 0.315 e. The molecule has 1 unspecified atom stereocenters. The molecule has 2 rings (SSSR count). The van der Waals surface area contributed by atoms with Gasteiger partial charge in [-0.15, -0.1) is 0 Å². The van der Waals surface area contributed by atoms with Crippen LogP contribution >= 0.6 is 0 Å². The molecule has 1 aromatic rings. The molecule has 0 bridgehead atoms. The minimum Gasteiger partial charge on any atom is -0.315 e. The van der Waals surface area contributed by atoms with Gasteiger partial charge in [-0.3, -0.25) is 4.68 Å². The first-order valence-corrected chi connectivity index (χ1v) is 5.63. The number of hydrogen-bond acceptors (Lipinski definition) is 4. The first-order valence-electron chi connectivity index (χ1n) is 5.63. The number of hydrogen-bond donors (Lipinski definition) is 2. The van der Waals surface area contributed by atoms with Gasteiger partial charge in [0.05, 0.1) is 0 Å². The number of rotatable bonds is 5. The average molecular weight is 209 g/mol. The van der Waals surface area contributed by atoms with E-state index in [4.69, 9.17) is 0 Å². The predicted octanol–water partition coefficient (Wildman–Crippen LogP) is -0.301. The summed E-state index contributed by atoms with van der Waals surface area (Å²) in [6.07, 6.45) is 5.27. The van der Waals surface area contributed by atoms with Gasteiger partial charge in [-0.05, 0) is 19.4 Å². The first kappa shape index (κ1) is 10.6.